The number of allylic oxidation sites excluding steroid dienone is 3. The molecule has 3 aliphatic carbocycles. The smallest absolute Gasteiger partial charge is 0.0784 e. The lowest BCUT2D eigenvalue weighted by molar-refractivity contribution is 0.0659. The number of fused-ring (bicyclic) bond motifs is 1. The third-order valence-corrected chi connectivity index (χ3v) is 7.98. The van der Waals surface area contributed by atoms with Crippen LogP contribution in [0.3, 0.4) is 0 Å². The maximum absolute atomic E-state index is 10.1. The summed E-state index contributed by atoms with van der Waals surface area (Å²) < 4.78 is 0. The van der Waals surface area contributed by atoms with E-state index in [9.17, 15) is 10.2 Å². The highest BCUT2D eigenvalue weighted by molar-refractivity contribution is 5.27. The molecule has 35 heavy (non-hydrogen) atoms. The van der Waals surface area contributed by atoms with Crippen molar-refractivity contribution in [2.75, 3.05) is 0 Å². The van der Waals surface area contributed by atoms with Crippen molar-refractivity contribution in [2.45, 2.75) is 151 Å². The standard InChI is InChI=1S/C26H42O2.C5H12.C2H6/c1-19-10-11-20(18-24(19)27)12-13-21-8-7-17-26(4)22(14-15-23(21)26)9-5-6-16-25(2,3)28;1-5(2,3)4;1-2/h12-13,22-24,27-28H,1,5-11,14-18H2,2-4H3;1-4H3;1-2H3/b20-12-,21-13+;;/t22?,23?,24-,26-;;/m1../s1. The molecule has 3 fully saturated rings. The maximum Gasteiger partial charge on any atom is 0.0784 e. The summed E-state index contributed by atoms with van der Waals surface area (Å²) in [6, 6.07) is 0. The lowest BCUT2D eigenvalue weighted by atomic mass is 9.62. The summed E-state index contributed by atoms with van der Waals surface area (Å²) in [5.41, 5.74) is 4.51. The van der Waals surface area contributed by atoms with Crippen molar-refractivity contribution in [3.8, 4) is 0 Å². The van der Waals surface area contributed by atoms with Gasteiger partial charge in [-0.15, -0.1) is 0 Å². The quantitative estimate of drug-likeness (QED) is 0.288. The number of aliphatic hydroxyl groups excluding tert-OH is 1. The molecule has 0 radical (unpaired) electrons. The molecule has 3 rings (SSSR count). The highest BCUT2D eigenvalue weighted by atomic mass is 16.3. The van der Waals surface area contributed by atoms with E-state index < -0.39 is 5.60 Å². The Morgan fingerprint density at radius 2 is 1.60 bits per heavy atom. The zero-order valence-electron chi connectivity index (χ0n) is 25.0. The van der Waals surface area contributed by atoms with Gasteiger partial charge < -0.3 is 10.2 Å². The van der Waals surface area contributed by atoms with Crippen LogP contribution in [0.25, 0.3) is 0 Å². The predicted octanol–water partition coefficient (Wildman–Crippen LogP) is 9.57. The molecule has 0 aromatic rings. The van der Waals surface area contributed by atoms with E-state index in [4.69, 9.17) is 0 Å². The second-order valence-corrected chi connectivity index (χ2v) is 13.7. The first-order chi connectivity index (χ1) is 16.2. The van der Waals surface area contributed by atoms with Gasteiger partial charge in [-0.3, -0.25) is 0 Å². The molecule has 2 heteroatoms. The molecule has 2 N–H and O–H groups in total. The van der Waals surface area contributed by atoms with Crippen LogP contribution in [-0.4, -0.2) is 21.9 Å². The zero-order valence-corrected chi connectivity index (χ0v) is 25.0. The van der Waals surface area contributed by atoms with E-state index in [1.54, 1.807) is 5.57 Å². The average Bonchev–Trinajstić information content (AvgIpc) is 3.08. The van der Waals surface area contributed by atoms with Gasteiger partial charge in [-0.1, -0.05) is 91.2 Å². The van der Waals surface area contributed by atoms with Crippen LogP contribution >= 0.6 is 0 Å². The Bertz CT molecular complexity index is 694. The first-order valence-corrected chi connectivity index (χ1v) is 14.7. The van der Waals surface area contributed by atoms with Gasteiger partial charge >= 0.3 is 0 Å². The normalized spacial score (nSPS) is 31.4. The minimum absolute atomic E-state index is 0.338. The van der Waals surface area contributed by atoms with E-state index in [-0.39, 0.29) is 6.10 Å². The second kappa shape index (κ2) is 14.2. The molecule has 0 bridgehead atoms. The second-order valence-electron chi connectivity index (χ2n) is 13.7. The molecule has 0 saturated heterocycles. The van der Waals surface area contributed by atoms with Gasteiger partial charge in [0.15, 0.2) is 0 Å². The van der Waals surface area contributed by atoms with E-state index in [0.717, 1.165) is 49.5 Å². The molecular formula is C33H60O2. The predicted molar refractivity (Wildman–Crippen MR) is 155 cm³/mol. The van der Waals surface area contributed by atoms with Crippen molar-refractivity contribution in [3.63, 3.8) is 0 Å². The van der Waals surface area contributed by atoms with E-state index in [1.165, 1.54) is 50.5 Å². The number of hydrogen-bond donors (Lipinski definition) is 2. The van der Waals surface area contributed by atoms with Crippen molar-refractivity contribution in [3.05, 3.63) is 35.5 Å². The van der Waals surface area contributed by atoms with Gasteiger partial charge in [0, 0.05) is 0 Å². The summed E-state index contributed by atoms with van der Waals surface area (Å²) in [5, 5.41) is 20.0. The fourth-order valence-corrected chi connectivity index (χ4v) is 6.13. The van der Waals surface area contributed by atoms with Gasteiger partial charge in [0.25, 0.3) is 0 Å². The van der Waals surface area contributed by atoms with Gasteiger partial charge in [-0.05, 0) is 106 Å². The van der Waals surface area contributed by atoms with Gasteiger partial charge in [0.1, 0.15) is 0 Å². The first-order valence-electron chi connectivity index (χ1n) is 14.7. The Kier molecular flexibility index (Phi) is 13.0. The van der Waals surface area contributed by atoms with E-state index in [0.29, 0.717) is 10.8 Å². The summed E-state index contributed by atoms with van der Waals surface area (Å²) >= 11 is 0. The van der Waals surface area contributed by atoms with Crippen LogP contribution in [0.2, 0.25) is 0 Å². The number of hydrogen-bond acceptors (Lipinski definition) is 2. The van der Waals surface area contributed by atoms with Crippen molar-refractivity contribution >= 4 is 0 Å². The number of aliphatic hydroxyl groups is 2. The van der Waals surface area contributed by atoms with Crippen LogP contribution in [0.15, 0.2) is 35.5 Å². The average molecular weight is 489 g/mol. The van der Waals surface area contributed by atoms with Crippen LogP contribution in [0.5, 0.6) is 0 Å². The van der Waals surface area contributed by atoms with Gasteiger partial charge in [-0.25, -0.2) is 0 Å². The van der Waals surface area contributed by atoms with Gasteiger partial charge in [0.05, 0.1) is 11.7 Å². The topological polar surface area (TPSA) is 40.5 Å². The molecule has 0 aliphatic heterocycles. The molecule has 0 amide bonds. The lowest BCUT2D eigenvalue weighted by Crippen LogP contribution is -2.33. The van der Waals surface area contributed by atoms with Gasteiger partial charge in [-0.2, -0.15) is 0 Å². The van der Waals surface area contributed by atoms with Crippen molar-refractivity contribution in [1.29, 1.82) is 0 Å². The highest BCUT2D eigenvalue weighted by Gasteiger charge is 2.48. The molecule has 4 atom stereocenters. The van der Waals surface area contributed by atoms with Crippen LogP contribution < -0.4 is 0 Å². The van der Waals surface area contributed by atoms with Crippen molar-refractivity contribution in [1.82, 2.24) is 0 Å². The molecule has 0 aromatic carbocycles. The summed E-state index contributed by atoms with van der Waals surface area (Å²) in [7, 11) is 0. The minimum Gasteiger partial charge on any atom is -0.390 e. The monoisotopic (exact) mass is 488 g/mol. The Morgan fingerprint density at radius 3 is 2.17 bits per heavy atom. The molecule has 2 nitrogen and oxygen atoms in total. The van der Waals surface area contributed by atoms with Crippen LogP contribution in [-0.2, 0) is 0 Å². The van der Waals surface area contributed by atoms with Crippen LogP contribution in [0.1, 0.15) is 139 Å². The maximum atomic E-state index is 10.1. The van der Waals surface area contributed by atoms with Crippen LogP contribution in [0, 0.1) is 22.7 Å². The number of unbranched alkanes of at least 4 members (excludes halogenated alkanes) is 1. The molecule has 0 spiro atoms. The van der Waals surface area contributed by atoms with E-state index in [1.807, 2.05) is 27.7 Å². The molecule has 3 aliphatic rings. The molecule has 3 saturated carbocycles. The minimum atomic E-state index is -0.518. The summed E-state index contributed by atoms with van der Waals surface area (Å²) in [4.78, 5) is 0. The third kappa shape index (κ3) is 11.4. The molecular weight excluding hydrogens is 428 g/mol. The fraction of sp³-hybridized carbons (Fsp3) is 0.818. The van der Waals surface area contributed by atoms with E-state index in [2.05, 4.69) is 53.3 Å². The van der Waals surface area contributed by atoms with Crippen molar-refractivity contribution in [2.24, 2.45) is 22.7 Å². The molecule has 0 heterocycles. The summed E-state index contributed by atoms with van der Waals surface area (Å²) in [6.45, 7) is 23.1. The fourth-order valence-electron chi connectivity index (χ4n) is 6.13. The largest absolute Gasteiger partial charge is 0.390 e. The Labute approximate surface area is 219 Å². The molecule has 0 aromatic heterocycles. The lowest BCUT2D eigenvalue weighted by Gasteiger charge is -2.42. The summed E-state index contributed by atoms with van der Waals surface area (Å²) in [6.07, 6.45) is 18.5. The third-order valence-electron chi connectivity index (χ3n) is 7.98. The van der Waals surface area contributed by atoms with E-state index >= 15 is 0 Å². The van der Waals surface area contributed by atoms with Gasteiger partial charge in [0.2, 0.25) is 0 Å². The molecule has 2 unspecified atom stereocenters. The highest BCUT2D eigenvalue weighted by Crippen LogP contribution is 2.58. The number of rotatable bonds is 6. The Balaban J connectivity index is 0.000000779. The summed E-state index contributed by atoms with van der Waals surface area (Å²) in [5.74, 6) is 1.59. The SMILES string of the molecule is C=C1CC/C(=C/C=C2\CCC[C@]3(C)C(CCCCC(C)(C)O)CCC23)C[C@H]1O.CC.CC(C)(C)C. The van der Waals surface area contributed by atoms with Crippen LogP contribution in [0.4, 0.5) is 0 Å². The molecule has 204 valence electrons. The Hall–Kier alpha value is -0.860. The van der Waals surface area contributed by atoms with Crippen molar-refractivity contribution < 1.29 is 10.2 Å². The zero-order chi connectivity index (χ0) is 26.9. The Morgan fingerprint density at radius 1 is 0.971 bits per heavy atom. The first kappa shape index (κ1) is 32.2.